The molecule has 0 bridgehead atoms. The van der Waals surface area contributed by atoms with E-state index in [2.05, 4.69) is 19.1 Å². The van der Waals surface area contributed by atoms with Crippen molar-refractivity contribution >= 4 is 5.97 Å². The average molecular weight is 268 g/mol. The third kappa shape index (κ3) is 4.88. The fraction of sp³-hybridized carbons (Fsp3) is 0.278. The minimum atomic E-state index is -0.128. The lowest BCUT2D eigenvalue weighted by Crippen LogP contribution is -2.11. The number of carbonyl (C=O) groups is 1. The summed E-state index contributed by atoms with van der Waals surface area (Å²) in [5.74, 6) is 0.165. The molecule has 2 heteroatoms. The second-order valence-corrected chi connectivity index (χ2v) is 5.15. The molecule has 0 spiro atoms. The zero-order valence-corrected chi connectivity index (χ0v) is 11.8. The van der Waals surface area contributed by atoms with E-state index >= 15 is 0 Å². The van der Waals surface area contributed by atoms with Gasteiger partial charge in [0.05, 0.1) is 0 Å². The summed E-state index contributed by atoms with van der Waals surface area (Å²) in [5.41, 5.74) is 2.28. The van der Waals surface area contributed by atoms with E-state index in [0.717, 1.165) is 12.0 Å². The minimum Gasteiger partial charge on any atom is -0.461 e. The molecule has 0 saturated carbocycles. The monoisotopic (exact) mass is 268 g/mol. The van der Waals surface area contributed by atoms with E-state index in [4.69, 9.17) is 4.74 Å². The molecule has 104 valence electrons. The molecule has 2 aromatic rings. The fourth-order valence-corrected chi connectivity index (χ4v) is 2.17. The summed E-state index contributed by atoms with van der Waals surface area (Å²) in [6.07, 6.45) is 1.36. The van der Waals surface area contributed by atoms with Gasteiger partial charge in [-0.15, -0.1) is 0 Å². The summed E-state index contributed by atoms with van der Waals surface area (Å²) in [7, 11) is 0. The van der Waals surface area contributed by atoms with Gasteiger partial charge in [-0.1, -0.05) is 67.6 Å². The molecule has 0 aliphatic carbocycles. The van der Waals surface area contributed by atoms with Crippen molar-refractivity contribution in [1.82, 2.24) is 0 Å². The van der Waals surface area contributed by atoms with Gasteiger partial charge in [0.15, 0.2) is 0 Å². The molecule has 0 saturated heterocycles. The normalized spacial score (nSPS) is 11.8. The van der Waals surface area contributed by atoms with Crippen molar-refractivity contribution in [2.75, 3.05) is 0 Å². The van der Waals surface area contributed by atoms with Gasteiger partial charge in [-0.25, -0.2) is 0 Å². The third-order valence-electron chi connectivity index (χ3n) is 3.18. The molecule has 0 radical (unpaired) electrons. The number of rotatable bonds is 6. The van der Waals surface area contributed by atoms with Crippen LogP contribution >= 0.6 is 0 Å². The lowest BCUT2D eigenvalue weighted by molar-refractivity contribution is -0.145. The Morgan fingerprint density at radius 1 is 0.950 bits per heavy atom. The molecule has 1 unspecified atom stereocenters. The van der Waals surface area contributed by atoms with Crippen molar-refractivity contribution < 1.29 is 9.53 Å². The van der Waals surface area contributed by atoms with Gasteiger partial charge in [-0.3, -0.25) is 4.79 Å². The topological polar surface area (TPSA) is 26.3 Å². The van der Waals surface area contributed by atoms with E-state index in [9.17, 15) is 4.79 Å². The first-order valence-corrected chi connectivity index (χ1v) is 6.97. The zero-order valence-electron chi connectivity index (χ0n) is 11.8. The van der Waals surface area contributed by atoms with E-state index in [-0.39, 0.29) is 5.97 Å². The van der Waals surface area contributed by atoms with Crippen LogP contribution in [0, 0.1) is 5.92 Å². The highest BCUT2D eigenvalue weighted by Crippen LogP contribution is 2.13. The van der Waals surface area contributed by atoms with Gasteiger partial charge in [0, 0.05) is 6.42 Å². The quantitative estimate of drug-likeness (QED) is 0.740. The van der Waals surface area contributed by atoms with Crippen molar-refractivity contribution in [3.63, 3.8) is 0 Å². The molecular weight excluding hydrogens is 248 g/mol. The van der Waals surface area contributed by atoms with Gasteiger partial charge in [-0.2, -0.15) is 0 Å². The van der Waals surface area contributed by atoms with Crippen molar-refractivity contribution in [3.8, 4) is 0 Å². The highest BCUT2D eigenvalue weighted by Gasteiger charge is 2.11. The third-order valence-corrected chi connectivity index (χ3v) is 3.18. The first-order chi connectivity index (χ1) is 9.74. The van der Waals surface area contributed by atoms with E-state index < -0.39 is 0 Å². The fourth-order valence-electron chi connectivity index (χ4n) is 2.17. The van der Waals surface area contributed by atoms with Gasteiger partial charge >= 0.3 is 5.97 Å². The first kappa shape index (κ1) is 14.3. The summed E-state index contributed by atoms with van der Waals surface area (Å²) < 4.78 is 5.30. The van der Waals surface area contributed by atoms with Crippen LogP contribution in [0.3, 0.4) is 0 Å². The predicted molar refractivity (Wildman–Crippen MR) is 80.2 cm³/mol. The largest absolute Gasteiger partial charge is 0.461 e. The molecular formula is C18H20O2. The average Bonchev–Trinajstić information content (AvgIpc) is 2.47. The van der Waals surface area contributed by atoms with Crippen LogP contribution in [-0.2, 0) is 22.6 Å². The predicted octanol–water partition coefficient (Wildman–Crippen LogP) is 4.00. The van der Waals surface area contributed by atoms with E-state index in [1.54, 1.807) is 0 Å². The highest BCUT2D eigenvalue weighted by molar-refractivity contribution is 5.69. The van der Waals surface area contributed by atoms with Crippen LogP contribution in [0.4, 0.5) is 0 Å². The smallest absolute Gasteiger partial charge is 0.306 e. The summed E-state index contributed by atoms with van der Waals surface area (Å²) in [4.78, 5) is 11.8. The molecule has 0 aliphatic rings. The number of hydrogen-bond donors (Lipinski definition) is 0. The maximum absolute atomic E-state index is 11.8. The molecule has 2 nitrogen and oxygen atoms in total. The summed E-state index contributed by atoms with van der Waals surface area (Å²) in [6, 6.07) is 20.0. The van der Waals surface area contributed by atoms with Crippen LogP contribution in [0.5, 0.6) is 0 Å². The molecule has 0 amide bonds. The Morgan fingerprint density at radius 3 is 2.10 bits per heavy atom. The molecule has 20 heavy (non-hydrogen) atoms. The molecule has 2 rings (SSSR count). The Bertz CT molecular complexity index is 520. The van der Waals surface area contributed by atoms with Crippen LogP contribution in [0.15, 0.2) is 60.7 Å². The number of ether oxygens (including phenoxy) is 1. The lowest BCUT2D eigenvalue weighted by atomic mass is 9.98. The Balaban J connectivity index is 1.74. The van der Waals surface area contributed by atoms with Gasteiger partial charge in [0.25, 0.3) is 0 Å². The number of esters is 1. The van der Waals surface area contributed by atoms with E-state index in [1.807, 2.05) is 48.5 Å². The second kappa shape index (κ2) is 7.49. The Labute approximate surface area is 120 Å². The zero-order chi connectivity index (χ0) is 14.2. The van der Waals surface area contributed by atoms with Gasteiger partial charge in [-0.05, 0) is 23.5 Å². The molecule has 0 fully saturated rings. The van der Waals surface area contributed by atoms with Gasteiger partial charge in [0.2, 0.25) is 0 Å². The molecule has 0 aliphatic heterocycles. The SMILES string of the molecule is CC(CC(=O)OCc1ccccc1)Cc1ccccc1. The van der Waals surface area contributed by atoms with Crippen LogP contribution in [0.1, 0.15) is 24.5 Å². The minimum absolute atomic E-state index is 0.128. The van der Waals surface area contributed by atoms with E-state index in [1.165, 1.54) is 5.56 Å². The highest BCUT2D eigenvalue weighted by atomic mass is 16.5. The molecule has 0 aromatic heterocycles. The Hall–Kier alpha value is -2.09. The number of hydrogen-bond acceptors (Lipinski definition) is 2. The van der Waals surface area contributed by atoms with Crippen molar-refractivity contribution in [2.24, 2.45) is 5.92 Å². The van der Waals surface area contributed by atoms with Crippen LogP contribution in [0.25, 0.3) is 0 Å². The standard InChI is InChI=1S/C18H20O2/c1-15(12-16-8-4-2-5-9-16)13-18(19)20-14-17-10-6-3-7-11-17/h2-11,15H,12-14H2,1H3. The van der Waals surface area contributed by atoms with E-state index in [0.29, 0.717) is 18.9 Å². The first-order valence-electron chi connectivity index (χ1n) is 6.97. The number of benzene rings is 2. The maximum Gasteiger partial charge on any atom is 0.306 e. The number of carbonyl (C=O) groups excluding carboxylic acids is 1. The Kier molecular flexibility index (Phi) is 5.36. The van der Waals surface area contributed by atoms with Crippen molar-refractivity contribution in [3.05, 3.63) is 71.8 Å². The maximum atomic E-state index is 11.8. The Morgan fingerprint density at radius 2 is 1.50 bits per heavy atom. The molecule has 1 atom stereocenters. The summed E-state index contributed by atoms with van der Waals surface area (Å²) >= 11 is 0. The van der Waals surface area contributed by atoms with Gasteiger partial charge < -0.3 is 4.74 Å². The van der Waals surface area contributed by atoms with Gasteiger partial charge in [0.1, 0.15) is 6.61 Å². The lowest BCUT2D eigenvalue weighted by Gasteiger charge is -2.11. The van der Waals surface area contributed by atoms with Crippen LogP contribution in [-0.4, -0.2) is 5.97 Å². The second-order valence-electron chi connectivity index (χ2n) is 5.15. The molecule has 2 aromatic carbocycles. The summed E-state index contributed by atoms with van der Waals surface area (Å²) in [6.45, 7) is 2.44. The van der Waals surface area contributed by atoms with Crippen LogP contribution < -0.4 is 0 Å². The molecule has 0 heterocycles. The van der Waals surface area contributed by atoms with Crippen molar-refractivity contribution in [2.45, 2.75) is 26.4 Å². The van der Waals surface area contributed by atoms with Crippen molar-refractivity contribution in [1.29, 1.82) is 0 Å². The summed E-state index contributed by atoms with van der Waals surface area (Å²) in [5, 5.41) is 0. The molecule has 0 N–H and O–H groups in total. The van der Waals surface area contributed by atoms with Crippen LogP contribution in [0.2, 0.25) is 0 Å².